The Labute approximate surface area is 180 Å². The second kappa shape index (κ2) is 14.1. The van der Waals surface area contributed by atoms with Crippen molar-refractivity contribution in [1.29, 1.82) is 0 Å². The van der Waals surface area contributed by atoms with E-state index in [-0.39, 0.29) is 42.3 Å². The molecule has 1 radical (unpaired) electrons. The maximum atomic E-state index is 11.2. The fraction of sp³-hybridized carbons (Fsp3) is 0.625. The molecule has 0 aliphatic carbocycles. The van der Waals surface area contributed by atoms with Gasteiger partial charge in [0.2, 0.25) is 23.6 Å². The van der Waals surface area contributed by atoms with Crippen LogP contribution in [0.4, 0.5) is 9.59 Å². The molecule has 0 spiro atoms. The first-order valence-corrected chi connectivity index (χ1v) is 8.58. The first-order chi connectivity index (χ1) is 12.3. The van der Waals surface area contributed by atoms with E-state index in [9.17, 15) is 28.8 Å². The number of carbonyl (C=O) groups excluding carboxylic acids is 6. The molecule has 0 atom stereocenters. The molecule has 0 aromatic rings. The van der Waals surface area contributed by atoms with E-state index in [4.69, 9.17) is 0 Å². The molecule has 0 aromatic carbocycles. The number of nitrogens with zero attached hydrogens (tertiary/aromatic N) is 2. The maximum absolute atomic E-state index is 11.2. The summed E-state index contributed by atoms with van der Waals surface area (Å²) in [4.78, 5) is 68.1. The van der Waals surface area contributed by atoms with Crippen LogP contribution in [-0.2, 0) is 36.2 Å². The number of halogens is 1. The van der Waals surface area contributed by atoms with E-state index in [0.717, 1.165) is 35.5 Å². The smallest absolute Gasteiger partial charge is 0.277 e. The first-order valence-electron chi connectivity index (χ1n) is 8.58. The number of amides is 8. The zero-order valence-corrected chi connectivity index (χ0v) is 17.5. The van der Waals surface area contributed by atoms with E-state index in [1.165, 1.54) is 0 Å². The second-order valence-corrected chi connectivity index (χ2v) is 5.86. The normalized spacial score (nSPS) is 16.4. The molecule has 163 valence electrons. The molecule has 28 heavy (non-hydrogen) atoms. The topological polar surface area (TPSA) is 133 Å². The van der Waals surface area contributed by atoms with Crippen molar-refractivity contribution in [1.82, 2.24) is 20.4 Å². The van der Waals surface area contributed by atoms with Crippen LogP contribution in [0.2, 0.25) is 0 Å². The minimum absolute atomic E-state index is 0. The Balaban J connectivity index is 0. The van der Waals surface area contributed by atoms with Crippen molar-refractivity contribution in [3.63, 3.8) is 0 Å². The molecule has 0 saturated carbocycles. The number of rotatable bonds is 6. The van der Waals surface area contributed by atoms with Gasteiger partial charge in [0.05, 0.1) is 0 Å². The van der Waals surface area contributed by atoms with Gasteiger partial charge in [-0.15, -0.1) is 12.4 Å². The number of imide groups is 4. The molecule has 2 aliphatic rings. The van der Waals surface area contributed by atoms with Crippen LogP contribution in [0.1, 0.15) is 52.4 Å². The molecule has 2 aliphatic heterocycles. The summed E-state index contributed by atoms with van der Waals surface area (Å²) in [6.07, 6.45) is 2.93. The summed E-state index contributed by atoms with van der Waals surface area (Å²) in [6, 6.07) is -1.18. The Morgan fingerprint density at radius 2 is 1.04 bits per heavy atom. The molecule has 2 fully saturated rings. The van der Waals surface area contributed by atoms with E-state index in [0.29, 0.717) is 13.1 Å². The molecule has 8 amide bonds. The van der Waals surface area contributed by atoms with Crippen LogP contribution in [-0.4, -0.2) is 58.6 Å². The monoisotopic (exact) mass is 467 g/mol. The minimum atomic E-state index is -0.588. The summed E-state index contributed by atoms with van der Waals surface area (Å²) in [5.74, 6) is -1.82. The van der Waals surface area contributed by atoms with Crippen molar-refractivity contribution in [2.75, 3.05) is 13.1 Å². The van der Waals surface area contributed by atoms with Crippen LogP contribution in [0.15, 0.2) is 0 Å². The van der Waals surface area contributed by atoms with Gasteiger partial charge in [0.15, 0.2) is 0 Å². The number of hydrogen-bond acceptors (Lipinski definition) is 6. The van der Waals surface area contributed by atoms with Gasteiger partial charge in [0.1, 0.15) is 12.8 Å². The van der Waals surface area contributed by atoms with Gasteiger partial charge in [-0.25, -0.2) is 9.59 Å². The zero-order chi connectivity index (χ0) is 19.7. The predicted molar refractivity (Wildman–Crippen MR) is 96.8 cm³/mol. The van der Waals surface area contributed by atoms with E-state index >= 15 is 0 Å². The fourth-order valence-electron chi connectivity index (χ4n) is 2.24. The van der Waals surface area contributed by atoms with Crippen LogP contribution < -0.4 is 10.6 Å². The Morgan fingerprint density at radius 3 is 1.29 bits per heavy atom. The van der Waals surface area contributed by atoms with Gasteiger partial charge < -0.3 is 0 Å². The molecule has 2 rings (SSSR count). The largest absolute Gasteiger partial charge is 0.330 e. The van der Waals surface area contributed by atoms with Crippen molar-refractivity contribution in [3.8, 4) is 0 Å². The average Bonchev–Trinajstić information content (AvgIpc) is 2.53. The maximum Gasteiger partial charge on any atom is 0.330 e. The van der Waals surface area contributed by atoms with E-state index < -0.39 is 35.7 Å². The zero-order valence-electron chi connectivity index (χ0n) is 15.7. The third-order valence-electron chi connectivity index (χ3n) is 3.68. The van der Waals surface area contributed by atoms with Gasteiger partial charge in [-0.3, -0.25) is 39.6 Å². The number of carbonyl (C=O) groups is 6. The fourth-order valence-corrected chi connectivity index (χ4v) is 2.24. The molecule has 0 bridgehead atoms. The van der Waals surface area contributed by atoms with Crippen LogP contribution in [0.5, 0.6) is 0 Å². The van der Waals surface area contributed by atoms with Crippen molar-refractivity contribution >= 4 is 48.1 Å². The van der Waals surface area contributed by atoms with Gasteiger partial charge in [-0.2, -0.15) is 0 Å². The van der Waals surface area contributed by atoms with Gasteiger partial charge >= 0.3 is 12.1 Å². The van der Waals surface area contributed by atoms with Crippen LogP contribution in [0.3, 0.4) is 0 Å². The Hall–Kier alpha value is -1.97. The molecule has 0 aromatic heterocycles. The molecule has 0 unspecified atom stereocenters. The SMILES string of the molecule is CCCCN1C(=O)CC(=O)NC1=O.CCCCN1C(=O)CC(=O)NC1=O.Cl.[Cu]. The van der Waals surface area contributed by atoms with Crippen LogP contribution >= 0.6 is 12.4 Å². The Kier molecular flexibility index (Phi) is 14.2. The number of unbranched alkanes of at least 4 members (excludes halogenated alkanes) is 2. The number of hydrogen-bond donors (Lipinski definition) is 2. The Bertz CT molecular complexity index is 524. The average molecular weight is 468 g/mol. The number of urea groups is 2. The summed E-state index contributed by atoms with van der Waals surface area (Å²) in [7, 11) is 0. The molecule has 12 heteroatoms. The molecule has 10 nitrogen and oxygen atoms in total. The van der Waals surface area contributed by atoms with Crippen molar-refractivity contribution in [2.45, 2.75) is 52.4 Å². The molecule has 2 N–H and O–H groups in total. The minimum Gasteiger partial charge on any atom is -0.277 e. The second-order valence-electron chi connectivity index (χ2n) is 5.86. The van der Waals surface area contributed by atoms with Crippen molar-refractivity contribution in [2.24, 2.45) is 0 Å². The summed E-state index contributed by atoms with van der Waals surface area (Å²) in [5.41, 5.74) is 0. The van der Waals surface area contributed by atoms with E-state index in [1.54, 1.807) is 0 Å². The van der Waals surface area contributed by atoms with Crippen LogP contribution in [0, 0.1) is 0 Å². The predicted octanol–water partition coefficient (Wildman–Crippen LogP) is 0.929. The standard InChI is InChI=1S/2C8H12N2O3.ClH.Cu/c2*1-2-3-4-10-7(12)5-6(11)9-8(10)13;;/h2*2-5H2,1H3,(H,9,11,13);1H;. The third kappa shape index (κ3) is 8.81. The number of barbiturate groups is 2. The van der Waals surface area contributed by atoms with Gasteiger partial charge in [-0.05, 0) is 12.8 Å². The third-order valence-corrected chi connectivity index (χ3v) is 3.68. The number of nitrogens with one attached hydrogen (secondary N) is 2. The Morgan fingerprint density at radius 1 is 0.714 bits per heavy atom. The molecule has 2 saturated heterocycles. The van der Waals surface area contributed by atoms with E-state index in [2.05, 4.69) is 10.6 Å². The summed E-state index contributed by atoms with van der Waals surface area (Å²) in [6.45, 7) is 4.73. The summed E-state index contributed by atoms with van der Waals surface area (Å²) in [5, 5.41) is 4.19. The molecular formula is C16H25ClCuN4O6. The molecule has 2 heterocycles. The van der Waals surface area contributed by atoms with E-state index in [1.807, 2.05) is 13.8 Å². The first kappa shape index (κ1) is 28.2. The summed E-state index contributed by atoms with van der Waals surface area (Å²) < 4.78 is 0. The summed E-state index contributed by atoms with van der Waals surface area (Å²) >= 11 is 0. The van der Waals surface area contributed by atoms with Crippen molar-refractivity contribution in [3.05, 3.63) is 0 Å². The quantitative estimate of drug-likeness (QED) is 0.440. The molecular weight excluding hydrogens is 443 g/mol. The van der Waals surface area contributed by atoms with Gasteiger partial charge in [-0.1, -0.05) is 26.7 Å². The van der Waals surface area contributed by atoms with Crippen LogP contribution in [0.25, 0.3) is 0 Å². The van der Waals surface area contributed by atoms with Crippen molar-refractivity contribution < 1.29 is 45.8 Å². The van der Waals surface area contributed by atoms with Gasteiger partial charge in [0, 0.05) is 30.2 Å². The van der Waals surface area contributed by atoms with Gasteiger partial charge in [0.25, 0.3) is 0 Å².